The molecule has 0 unspecified atom stereocenters. The molecule has 0 aliphatic heterocycles. The fourth-order valence-corrected chi connectivity index (χ4v) is 3.45. The minimum atomic E-state index is -2.24. The van der Waals surface area contributed by atoms with Crippen LogP contribution in [0.3, 0.4) is 0 Å². The van der Waals surface area contributed by atoms with Gasteiger partial charge in [-0.1, -0.05) is 11.8 Å². The lowest BCUT2D eigenvalue weighted by atomic mass is 10.2. The molecular weight excluding hydrogens is 429 g/mol. The quantitative estimate of drug-likeness (QED) is 0.279. The Bertz CT molecular complexity index is 1170. The second-order valence-electron chi connectivity index (χ2n) is 5.77. The van der Waals surface area contributed by atoms with Gasteiger partial charge in [0, 0.05) is 16.8 Å². The lowest BCUT2D eigenvalue weighted by Crippen LogP contribution is -2.11. The molecule has 5 nitrogen and oxygen atoms in total. The Morgan fingerprint density at radius 2 is 1.57 bits per heavy atom. The number of ether oxygens (including phenoxy) is 1. The number of hydrogen-bond acceptors (Lipinski definition) is 5. The average molecular weight is 439 g/mol. The Morgan fingerprint density at radius 1 is 1.03 bits per heavy atom. The van der Waals surface area contributed by atoms with Crippen LogP contribution in [-0.2, 0) is 4.74 Å². The molecule has 0 spiro atoms. The molecule has 2 aromatic carbocycles. The highest BCUT2D eigenvalue weighted by Gasteiger charge is 2.26. The molecule has 1 aromatic heterocycles. The van der Waals surface area contributed by atoms with Gasteiger partial charge in [0.1, 0.15) is 6.07 Å². The van der Waals surface area contributed by atoms with Crippen LogP contribution in [0.15, 0.2) is 40.3 Å². The Kier molecular flexibility index (Phi) is 5.71. The van der Waals surface area contributed by atoms with Gasteiger partial charge in [-0.25, -0.2) is 26.7 Å². The smallest absolute Gasteiger partial charge is 0.357 e. The molecule has 3 aromatic rings. The molecule has 1 heterocycles. The van der Waals surface area contributed by atoms with E-state index in [0.717, 1.165) is 7.11 Å². The first-order chi connectivity index (χ1) is 14.2. The minimum Gasteiger partial charge on any atom is -0.464 e. The van der Waals surface area contributed by atoms with E-state index in [2.05, 4.69) is 4.74 Å². The van der Waals surface area contributed by atoms with Gasteiger partial charge in [-0.3, -0.25) is 0 Å². The maximum Gasteiger partial charge on any atom is 0.357 e. The summed E-state index contributed by atoms with van der Waals surface area (Å²) < 4.78 is 73.5. The summed E-state index contributed by atoms with van der Waals surface area (Å²) >= 11 is 0.335. The summed E-state index contributed by atoms with van der Waals surface area (Å²) in [7, 11) is 1.13. The number of carbonyl (C=O) groups is 1. The molecule has 0 atom stereocenters. The Hall–Kier alpha value is -3.52. The van der Waals surface area contributed by atoms with Gasteiger partial charge in [-0.05, 0) is 24.3 Å². The molecule has 11 heteroatoms. The van der Waals surface area contributed by atoms with Gasteiger partial charge in [-0.15, -0.1) is 0 Å². The van der Waals surface area contributed by atoms with Crippen LogP contribution < -0.4 is 5.73 Å². The van der Waals surface area contributed by atoms with Crippen molar-refractivity contribution in [2.24, 2.45) is 0 Å². The van der Waals surface area contributed by atoms with Crippen molar-refractivity contribution in [3.8, 4) is 11.8 Å². The molecule has 30 heavy (non-hydrogen) atoms. The van der Waals surface area contributed by atoms with Crippen LogP contribution in [-0.4, -0.2) is 17.6 Å². The van der Waals surface area contributed by atoms with Crippen molar-refractivity contribution in [1.29, 1.82) is 5.26 Å². The van der Waals surface area contributed by atoms with Crippen LogP contribution in [0.2, 0.25) is 0 Å². The first kappa shape index (κ1) is 21.2. The molecule has 154 valence electrons. The van der Waals surface area contributed by atoms with Crippen LogP contribution >= 0.6 is 11.8 Å². The second kappa shape index (κ2) is 8.08. The molecule has 3 rings (SSSR count). The number of benzene rings is 2. The highest BCUT2D eigenvalue weighted by molar-refractivity contribution is 7.99. The fraction of sp³-hybridized carbons (Fsp3) is 0.0526. The standard InChI is InChI=1S/C19H10F5N3O2S/c1-29-19(28)17-16(26)8(6-25)7-27(17)9-2-4-10(5-3-9)30-18-14(23)12(21)11(20)13(22)15(18)24/h2-5,7H,26H2,1H3. The average Bonchev–Trinajstić information content (AvgIpc) is 3.10. The molecule has 0 saturated carbocycles. The molecule has 0 bridgehead atoms. The number of esters is 1. The monoisotopic (exact) mass is 439 g/mol. The predicted molar refractivity (Wildman–Crippen MR) is 96.6 cm³/mol. The predicted octanol–water partition coefficient (Wildman–Crippen LogP) is 4.56. The number of anilines is 1. The summed E-state index contributed by atoms with van der Waals surface area (Å²) in [6.07, 6.45) is 1.30. The van der Waals surface area contributed by atoms with Gasteiger partial charge in [-0.2, -0.15) is 5.26 Å². The van der Waals surface area contributed by atoms with E-state index in [4.69, 9.17) is 11.0 Å². The highest BCUT2D eigenvalue weighted by atomic mass is 32.2. The normalized spacial score (nSPS) is 10.7. The van der Waals surface area contributed by atoms with Crippen molar-refractivity contribution >= 4 is 23.4 Å². The zero-order chi connectivity index (χ0) is 22.2. The van der Waals surface area contributed by atoms with E-state index in [1.54, 1.807) is 0 Å². The van der Waals surface area contributed by atoms with E-state index in [1.807, 2.05) is 6.07 Å². The summed E-state index contributed by atoms with van der Waals surface area (Å²) in [6, 6.07) is 7.31. The zero-order valence-corrected chi connectivity index (χ0v) is 15.8. The van der Waals surface area contributed by atoms with Crippen LogP contribution in [0.1, 0.15) is 16.1 Å². The Balaban J connectivity index is 2.00. The molecule has 0 aliphatic rings. The van der Waals surface area contributed by atoms with Crippen molar-refractivity contribution in [3.63, 3.8) is 0 Å². The first-order valence-electron chi connectivity index (χ1n) is 8.00. The third-order valence-electron chi connectivity index (χ3n) is 4.05. The van der Waals surface area contributed by atoms with Gasteiger partial charge in [0.15, 0.2) is 29.0 Å². The summed E-state index contributed by atoms with van der Waals surface area (Å²) in [6.45, 7) is 0. The number of nitriles is 1. The van der Waals surface area contributed by atoms with Crippen LogP contribution in [0.5, 0.6) is 0 Å². The van der Waals surface area contributed by atoms with Crippen molar-refractivity contribution in [1.82, 2.24) is 4.57 Å². The lowest BCUT2D eigenvalue weighted by molar-refractivity contribution is 0.0593. The van der Waals surface area contributed by atoms with Gasteiger partial charge < -0.3 is 15.0 Å². The summed E-state index contributed by atoms with van der Waals surface area (Å²) in [4.78, 5) is 11.1. The number of nitrogens with two attached hydrogens (primary N) is 1. The summed E-state index contributed by atoms with van der Waals surface area (Å²) in [5.41, 5.74) is 5.97. The molecule has 0 aliphatic carbocycles. The molecule has 0 saturated heterocycles. The van der Waals surface area contributed by atoms with Crippen LogP contribution in [0, 0.1) is 40.4 Å². The van der Waals surface area contributed by atoms with E-state index in [1.165, 1.54) is 35.0 Å². The van der Waals surface area contributed by atoms with Crippen LogP contribution in [0.25, 0.3) is 5.69 Å². The van der Waals surface area contributed by atoms with Crippen molar-refractivity contribution < 1.29 is 31.5 Å². The first-order valence-corrected chi connectivity index (χ1v) is 8.81. The van der Waals surface area contributed by atoms with Gasteiger partial charge >= 0.3 is 5.97 Å². The van der Waals surface area contributed by atoms with Crippen LogP contribution in [0.4, 0.5) is 27.6 Å². The van der Waals surface area contributed by atoms with E-state index in [9.17, 15) is 26.7 Å². The van der Waals surface area contributed by atoms with Gasteiger partial charge in [0.05, 0.1) is 23.3 Å². The van der Waals surface area contributed by atoms with Crippen molar-refractivity contribution in [2.45, 2.75) is 9.79 Å². The second-order valence-corrected chi connectivity index (χ2v) is 6.86. The number of aromatic nitrogens is 1. The fourth-order valence-electron chi connectivity index (χ4n) is 2.59. The largest absolute Gasteiger partial charge is 0.464 e. The maximum absolute atomic E-state index is 13.9. The van der Waals surface area contributed by atoms with E-state index in [-0.39, 0.29) is 21.8 Å². The third kappa shape index (κ3) is 3.46. The molecular formula is C19H10F5N3O2S. The number of methoxy groups -OCH3 is 1. The van der Waals surface area contributed by atoms with E-state index < -0.39 is 40.0 Å². The number of nitrogen functional groups attached to an aromatic ring is 1. The molecule has 0 fully saturated rings. The maximum atomic E-state index is 13.9. The van der Waals surface area contributed by atoms with Crippen molar-refractivity contribution in [3.05, 3.63) is 70.8 Å². The SMILES string of the molecule is COC(=O)c1c(N)c(C#N)cn1-c1ccc(Sc2c(F)c(F)c(F)c(F)c2F)cc1. The Morgan fingerprint density at radius 3 is 2.07 bits per heavy atom. The van der Waals surface area contributed by atoms with Gasteiger partial charge in [0.25, 0.3) is 0 Å². The third-order valence-corrected chi connectivity index (χ3v) is 5.12. The molecule has 2 N–H and O–H groups in total. The highest BCUT2D eigenvalue weighted by Crippen LogP contribution is 2.36. The minimum absolute atomic E-state index is 0.0234. The number of nitrogens with zero attached hydrogens (tertiary/aromatic N) is 2. The summed E-state index contributed by atoms with van der Waals surface area (Å²) in [5.74, 6) is -11.0. The zero-order valence-electron chi connectivity index (χ0n) is 15.0. The van der Waals surface area contributed by atoms with E-state index in [0.29, 0.717) is 17.4 Å². The van der Waals surface area contributed by atoms with Gasteiger partial charge in [0.2, 0.25) is 5.82 Å². The lowest BCUT2D eigenvalue weighted by Gasteiger charge is -2.10. The van der Waals surface area contributed by atoms with Crippen molar-refractivity contribution in [2.75, 3.05) is 12.8 Å². The number of carbonyl (C=O) groups excluding carboxylic acids is 1. The summed E-state index contributed by atoms with van der Waals surface area (Å²) in [5, 5.41) is 9.12. The van der Waals surface area contributed by atoms with E-state index >= 15 is 0 Å². The number of hydrogen-bond donors (Lipinski definition) is 1. The topological polar surface area (TPSA) is 81.0 Å². The molecule has 0 radical (unpaired) electrons. The number of halogens is 5. The molecule has 0 amide bonds. The number of rotatable bonds is 4. The Labute approximate surface area is 170 Å².